The lowest BCUT2D eigenvalue weighted by molar-refractivity contribution is 0.381. The van der Waals surface area contributed by atoms with Gasteiger partial charge >= 0.3 is 0 Å². The fraction of sp³-hybridized carbons (Fsp3) is 0.625. The van der Waals surface area contributed by atoms with E-state index in [4.69, 9.17) is 18.9 Å². The fourth-order valence-corrected chi connectivity index (χ4v) is 14.8. The van der Waals surface area contributed by atoms with E-state index in [1.807, 2.05) is 28.4 Å². The zero-order valence-electron chi connectivity index (χ0n) is 50.0. The van der Waals surface area contributed by atoms with E-state index in [0.29, 0.717) is 0 Å². The van der Waals surface area contributed by atoms with Gasteiger partial charge in [-0.3, -0.25) is 0 Å². The molecule has 0 bridgehead atoms. The maximum atomic E-state index is 6.36. The van der Waals surface area contributed by atoms with Crippen molar-refractivity contribution < 1.29 is 18.9 Å². The van der Waals surface area contributed by atoms with Crippen LogP contribution in [-0.4, -0.2) is 40.8 Å². The van der Waals surface area contributed by atoms with Crippen molar-refractivity contribution in [1.82, 2.24) is 0 Å². The van der Waals surface area contributed by atoms with Gasteiger partial charge in [0.25, 0.3) is 0 Å². The van der Waals surface area contributed by atoms with Gasteiger partial charge in [-0.25, -0.2) is 0 Å². The Morgan fingerprint density at radius 1 is 0.257 bits per heavy atom. The molecule has 0 radical (unpaired) electrons. The maximum Gasteiger partial charge on any atom is 0.126 e. The number of benzene rings is 4. The molecule has 4 aromatic carbocycles. The molecule has 4 rings (SSSR count). The van der Waals surface area contributed by atoms with E-state index in [0.717, 1.165) is 48.2 Å². The van der Waals surface area contributed by atoms with Gasteiger partial charge in [0.15, 0.2) is 0 Å². The summed E-state index contributed by atoms with van der Waals surface area (Å²) in [5.74, 6) is 4.10. The molecule has 390 valence electrons. The summed E-state index contributed by atoms with van der Waals surface area (Å²) in [4.78, 5) is 0. The Kier molecular flexibility index (Phi) is 17.9. The second kappa shape index (κ2) is 21.0. The Hall–Kier alpha value is -3.06. The maximum absolute atomic E-state index is 6.36. The number of hydrogen-bond donors (Lipinski definition) is 0. The summed E-state index contributed by atoms with van der Waals surface area (Å²) < 4.78 is 25.4. The lowest BCUT2D eigenvalue weighted by atomic mass is 9.79. The lowest BCUT2D eigenvalue weighted by Crippen LogP contribution is -2.27. The molecule has 0 atom stereocenters. The van der Waals surface area contributed by atoms with Crippen LogP contribution in [0.1, 0.15) is 224 Å². The normalized spacial score (nSPS) is 13.6. The fourth-order valence-electron chi connectivity index (χ4n) is 9.77. The molecule has 0 fully saturated rings. The van der Waals surface area contributed by atoms with E-state index in [1.54, 1.807) is 0 Å². The zero-order chi connectivity index (χ0) is 53.7. The van der Waals surface area contributed by atoms with Gasteiger partial charge in [0.1, 0.15) is 23.0 Å². The van der Waals surface area contributed by atoms with Crippen LogP contribution >= 0.6 is 15.8 Å². The van der Waals surface area contributed by atoms with E-state index in [2.05, 4.69) is 215 Å². The summed E-state index contributed by atoms with van der Waals surface area (Å²) in [6, 6.07) is 20.1. The van der Waals surface area contributed by atoms with Crippen LogP contribution in [-0.2, 0) is 43.3 Å². The van der Waals surface area contributed by atoms with Gasteiger partial charge in [-0.1, -0.05) is 166 Å². The summed E-state index contributed by atoms with van der Waals surface area (Å²) in [7, 11) is 5.79. The van der Waals surface area contributed by atoms with Crippen LogP contribution in [0.3, 0.4) is 0 Å². The lowest BCUT2D eigenvalue weighted by Gasteiger charge is -2.34. The van der Waals surface area contributed by atoms with Crippen molar-refractivity contribution in [1.29, 1.82) is 0 Å². The molecular weight excluding hydrogens is 895 g/mol. The highest BCUT2D eigenvalue weighted by Crippen LogP contribution is 2.50. The van der Waals surface area contributed by atoms with Crippen molar-refractivity contribution in [3.8, 4) is 23.0 Å². The molecule has 0 amide bonds. The summed E-state index contributed by atoms with van der Waals surface area (Å²) in [6.07, 6.45) is 4.33. The molecule has 4 aromatic rings. The second-order valence-electron chi connectivity index (χ2n) is 28.3. The number of ether oxygens (including phenoxy) is 4. The van der Waals surface area contributed by atoms with Gasteiger partial charge in [0, 0.05) is 44.5 Å². The minimum Gasteiger partial charge on any atom is -0.496 e. The van der Waals surface area contributed by atoms with Crippen molar-refractivity contribution in [3.05, 3.63) is 93.0 Å². The molecule has 70 heavy (non-hydrogen) atoms. The Morgan fingerprint density at radius 2 is 0.386 bits per heavy atom. The minimum atomic E-state index is -0.811. The largest absolute Gasteiger partial charge is 0.496 e. The minimum absolute atomic E-state index is 0.113. The molecular formula is C64H100O4P2. The number of methoxy groups -OCH3 is 4. The predicted octanol–water partition coefficient (Wildman–Crippen LogP) is 16.4. The SMILES string of the molecule is COc1c(C(C)(C)C)cc(P(CCCCP(c2cc(C(C)(C)C)c(OC)c(C(C)(C)C)c2)c2cc(C(C)(C)C)c(OC)c(C(C)(C)C)c2)c2cc(C(C)(C)C)c(OC)c(C(C)(C)C)c2)cc1C(C)(C)C. The van der Waals surface area contributed by atoms with E-state index < -0.39 is 15.8 Å². The highest BCUT2D eigenvalue weighted by molar-refractivity contribution is 7.73. The van der Waals surface area contributed by atoms with Gasteiger partial charge in [0.05, 0.1) is 28.4 Å². The first kappa shape index (κ1) is 59.5. The predicted molar refractivity (Wildman–Crippen MR) is 313 cm³/mol. The molecule has 0 unspecified atom stereocenters. The van der Waals surface area contributed by atoms with Crippen molar-refractivity contribution >= 4 is 37.1 Å². The molecule has 0 heterocycles. The first-order valence-electron chi connectivity index (χ1n) is 26.1. The summed E-state index contributed by atoms with van der Waals surface area (Å²) in [5.41, 5.74) is 9.33. The monoisotopic (exact) mass is 995 g/mol. The number of rotatable bonds is 13. The average molecular weight is 995 g/mol. The molecule has 0 spiro atoms. The molecule has 6 heteroatoms. The topological polar surface area (TPSA) is 36.9 Å². The van der Waals surface area contributed by atoms with Crippen LogP contribution in [0.25, 0.3) is 0 Å². The van der Waals surface area contributed by atoms with Crippen molar-refractivity contribution in [2.45, 2.75) is 222 Å². The third-order valence-corrected chi connectivity index (χ3v) is 18.9. The van der Waals surface area contributed by atoms with Gasteiger partial charge in [0.2, 0.25) is 0 Å². The Morgan fingerprint density at radius 3 is 0.486 bits per heavy atom. The first-order chi connectivity index (χ1) is 31.6. The molecule has 4 nitrogen and oxygen atoms in total. The quantitative estimate of drug-likeness (QED) is 0.0988. The van der Waals surface area contributed by atoms with Crippen molar-refractivity contribution in [3.63, 3.8) is 0 Å². The zero-order valence-corrected chi connectivity index (χ0v) is 51.8. The van der Waals surface area contributed by atoms with Gasteiger partial charge in [-0.2, -0.15) is 0 Å². The number of unbranched alkanes of at least 4 members (excludes halogenated alkanes) is 1. The van der Waals surface area contributed by atoms with Gasteiger partial charge in [-0.05, 0) is 154 Å². The van der Waals surface area contributed by atoms with Crippen LogP contribution in [0.2, 0.25) is 0 Å². The summed E-state index contributed by atoms with van der Waals surface area (Å²) >= 11 is 0. The molecule has 0 aliphatic carbocycles. The van der Waals surface area contributed by atoms with Crippen molar-refractivity contribution in [2.24, 2.45) is 0 Å². The smallest absolute Gasteiger partial charge is 0.126 e. The molecule has 0 aromatic heterocycles. The third-order valence-electron chi connectivity index (χ3n) is 13.8. The summed E-state index contributed by atoms with van der Waals surface area (Å²) in [6.45, 7) is 56.0. The van der Waals surface area contributed by atoms with Crippen LogP contribution in [0.15, 0.2) is 48.5 Å². The van der Waals surface area contributed by atoms with E-state index in [-0.39, 0.29) is 43.3 Å². The van der Waals surface area contributed by atoms with E-state index in [9.17, 15) is 0 Å². The standard InChI is InChI=1S/C64H100O4P2/c1-57(2,3)45-33-41(34-46(53(45)65-25)58(4,5)6)69(42-35-47(59(7,8)9)54(66-26)48(36-42)60(10,11)12)31-29-30-32-70(43-37-49(61(13,14)15)55(67-27)50(38-43)62(16,17)18)44-39-51(63(19,20)21)56(68-28)52(40-44)64(22,23)24/h33-40H,29-32H2,1-28H3. The average Bonchev–Trinajstić information content (AvgIpc) is 3.20. The Labute approximate surface area is 433 Å². The van der Waals surface area contributed by atoms with Crippen LogP contribution in [0.4, 0.5) is 0 Å². The van der Waals surface area contributed by atoms with Gasteiger partial charge < -0.3 is 18.9 Å². The van der Waals surface area contributed by atoms with Crippen LogP contribution in [0.5, 0.6) is 23.0 Å². The highest BCUT2D eigenvalue weighted by atomic mass is 31.1. The molecule has 0 saturated carbocycles. The summed E-state index contributed by atoms with van der Waals surface area (Å²) in [5, 5.41) is 5.71. The first-order valence-corrected chi connectivity index (χ1v) is 29.1. The van der Waals surface area contributed by atoms with Crippen LogP contribution in [0, 0.1) is 0 Å². The van der Waals surface area contributed by atoms with Gasteiger partial charge in [-0.15, -0.1) is 0 Å². The molecule has 0 aliphatic heterocycles. The van der Waals surface area contributed by atoms with Crippen LogP contribution < -0.4 is 40.2 Å². The van der Waals surface area contributed by atoms with E-state index >= 15 is 0 Å². The van der Waals surface area contributed by atoms with E-state index in [1.165, 1.54) is 65.7 Å². The second-order valence-corrected chi connectivity index (χ2v) is 33.0. The Bertz CT molecular complexity index is 1970. The molecule has 0 N–H and O–H groups in total. The van der Waals surface area contributed by atoms with Crippen molar-refractivity contribution in [2.75, 3.05) is 40.8 Å². The number of hydrogen-bond acceptors (Lipinski definition) is 4. The Balaban J connectivity index is 2.09. The molecule has 0 saturated heterocycles. The highest BCUT2D eigenvalue weighted by Gasteiger charge is 2.35. The third kappa shape index (κ3) is 13.6. The molecule has 0 aliphatic rings.